The number of carboxylic acid groups (broad SMARTS) is 1. The summed E-state index contributed by atoms with van der Waals surface area (Å²) in [6.07, 6.45) is 2.08. The summed E-state index contributed by atoms with van der Waals surface area (Å²) in [5.74, 6) is -0.691. The van der Waals surface area contributed by atoms with Gasteiger partial charge in [-0.1, -0.05) is 12.1 Å². The molecule has 1 N–H and O–H groups in total. The third-order valence-electron chi connectivity index (χ3n) is 2.93. The predicted octanol–water partition coefficient (Wildman–Crippen LogP) is 1.72. The molecule has 6 heteroatoms. The van der Waals surface area contributed by atoms with Gasteiger partial charge in [0.15, 0.2) is 0 Å². The zero-order valence-corrected chi connectivity index (χ0v) is 11.7. The van der Waals surface area contributed by atoms with Gasteiger partial charge in [0, 0.05) is 18.3 Å². The number of aryl methyl sites for hydroxylation is 2. The number of ether oxygens (including phenoxy) is 1. The summed E-state index contributed by atoms with van der Waals surface area (Å²) in [4.78, 5) is 26.7. The summed E-state index contributed by atoms with van der Waals surface area (Å²) in [5.41, 5.74) is 0.711. The van der Waals surface area contributed by atoms with E-state index in [2.05, 4.69) is 4.98 Å². The average Bonchev–Trinajstić information content (AvgIpc) is 2.45. The Morgan fingerprint density at radius 2 is 2.14 bits per heavy atom. The van der Waals surface area contributed by atoms with E-state index < -0.39 is 5.97 Å². The van der Waals surface area contributed by atoms with Gasteiger partial charge in [-0.2, -0.15) is 0 Å². The Balaban J connectivity index is 1.91. The maximum Gasteiger partial charge on any atom is 0.339 e. The molecular weight excluding hydrogens is 272 g/mol. The maximum absolute atomic E-state index is 11.7. The zero-order valence-electron chi connectivity index (χ0n) is 11.7. The van der Waals surface area contributed by atoms with Gasteiger partial charge in [0.25, 0.3) is 5.56 Å². The smallest absolute Gasteiger partial charge is 0.339 e. The van der Waals surface area contributed by atoms with Crippen molar-refractivity contribution < 1.29 is 14.6 Å². The van der Waals surface area contributed by atoms with Crippen molar-refractivity contribution in [3.63, 3.8) is 0 Å². The maximum atomic E-state index is 11.7. The first-order valence-corrected chi connectivity index (χ1v) is 6.56. The fourth-order valence-electron chi connectivity index (χ4n) is 1.87. The van der Waals surface area contributed by atoms with Gasteiger partial charge in [-0.3, -0.25) is 9.36 Å². The number of benzene rings is 1. The lowest BCUT2D eigenvalue weighted by Crippen LogP contribution is -2.21. The van der Waals surface area contributed by atoms with Crippen LogP contribution in [0, 0.1) is 6.92 Å². The minimum Gasteiger partial charge on any atom is -0.493 e. The molecule has 0 saturated carbocycles. The lowest BCUT2D eigenvalue weighted by molar-refractivity contribution is 0.0692. The Labute approximate surface area is 121 Å². The van der Waals surface area contributed by atoms with E-state index in [-0.39, 0.29) is 11.1 Å². The van der Waals surface area contributed by atoms with Crippen molar-refractivity contribution in [3.8, 4) is 5.75 Å². The van der Waals surface area contributed by atoms with E-state index in [1.165, 1.54) is 23.0 Å². The van der Waals surface area contributed by atoms with Gasteiger partial charge in [-0.25, -0.2) is 9.78 Å². The molecule has 0 aliphatic heterocycles. The number of aromatic carboxylic acids is 1. The molecule has 0 radical (unpaired) electrons. The predicted molar refractivity (Wildman–Crippen MR) is 76.7 cm³/mol. The SMILES string of the molecule is Cc1cc(=O)n(CCCOc2ccccc2C(=O)O)cn1. The van der Waals surface area contributed by atoms with Crippen LogP contribution < -0.4 is 10.3 Å². The fourth-order valence-corrected chi connectivity index (χ4v) is 1.87. The largest absolute Gasteiger partial charge is 0.493 e. The molecule has 0 bridgehead atoms. The van der Waals surface area contributed by atoms with Crippen molar-refractivity contribution in [1.29, 1.82) is 0 Å². The Hall–Kier alpha value is -2.63. The molecule has 0 fully saturated rings. The van der Waals surface area contributed by atoms with Crippen molar-refractivity contribution >= 4 is 5.97 Å². The van der Waals surface area contributed by atoms with E-state index in [1.54, 1.807) is 25.1 Å². The Morgan fingerprint density at radius 3 is 2.86 bits per heavy atom. The molecule has 1 aromatic carbocycles. The topological polar surface area (TPSA) is 81.4 Å². The molecular formula is C15H16N2O4. The van der Waals surface area contributed by atoms with Crippen LogP contribution in [0.2, 0.25) is 0 Å². The minimum atomic E-state index is -1.02. The van der Waals surface area contributed by atoms with E-state index in [1.807, 2.05) is 0 Å². The number of nitrogens with zero attached hydrogens (tertiary/aromatic N) is 2. The molecule has 0 spiro atoms. The van der Waals surface area contributed by atoms with E-state index in [0.29, 0.717) is 31.0 Å². The second kappa shape index (κ2) is 6.69. The van der Waals surface area contributed by atoms with Crippen LogP contribution in [0.5, 0.6) is 5.75 Å². The first kappa shape index (κ1) is 14.8. The monoisotopic (exact) mass is 288 g/mol. The summed E-state index contributed by atoms with van der Waals surface area (Å²) in [5, 5.41) is 9.03. The Kier molecular flexibility index (Phi) is 4.71. The van der Waals surface area contributed by atoms with Gasteiger partial charge in [-0.05, 0) is 25.5 Å². The molecule has 0 atom stereocenters. The summed E-state index contributed by atoms with van der Waals surface area (Å²) in [6, 6.07) is 7.94. The fraction of sp³-hybridized carbons (Fsp3) is 0.267. The summed E-state index contributed by atoms with van der Waals surface area (Å²) < 4.78 is 6.97. The van der Waals surface area contributed by atoms with Gasteiger partial charge in [0.2, 0.25) is 0 Å². The van der Waals surface area contributed by atoms with Crippen molar-refractivity contribution in [3.05, 3.63) is 58.3 Å². The molecule has 1 heterocycles. The standard InChI is InChI=1S/C15H16N2O4/c1-11-9-14(18)17(10-16-11)7-4-8-21-13-6-3-2-5-12(13)15(19)20/h2-3,5-6,9-10H,4,7-8H2,1H3,(H,19,20). The van der Waals surface area contributed by atoms with E-state index in [4.69, 9.17) is 9.84 Å². The van der Waals surface area contributed by atoms with Crippen LogP contribution in [-0.2, 0) is 6.54 Å². The van der Waals surface area contributed by atoms with Gasteiger partial charge in [0.1, 0.15) is 11.3 Å². The lowest BCUT2D eigenvalue weighted by atomic mass is 10.2. The number of carbonyl (C=O) groups is 1. The number of rotatable bonds is 6. The molecule has 0 unspecified atom stereocenters. The van der Waals surface area contributed by atoms with Gasteiger partial charge < -0.3 is 9.84 Å². The van der Waals surface area contributed by atoms with E-state index in [9.17, 15) is 9.59 Å². The van der Waals surface area contributed by atoms with Crippen LogP contribution in [0.4, 0.5) is 0 Å². The molecule has 21 heavy (non-hydrogen) atoms. The highest BCUT2D eigenvalue weighted by molar-refractivity contribution is 5.90. The van der Waals surface area contributed by atoms with Crippen molar-refractivity contribution in [2.24, 2.45) is 0 Å². The molecule has 0 amide bonds. The minimum absolute atomic E-state index is 0.103. The number of hydrogen-bond acceptors (Lipinski definition) is 4. The highest BCUT2D eigenvalue weighted by atomic mass is 16.5. The second-order valence-corrected chi connectivity index (χ2v) is 4.57. The van der Waals surface area contributed by atoms with Crippen LogP contribution in [0.3, 0.4) is 0 Å². The molecule has 110 valence electrons. The summed E-state index contributed by atoms with van der Waals surface area (Å²) in [7, 11) is 0. The quantitative estimate of drug-likeness (QED) is 0.818. The van der Waals surface area contributed by atoms with Crippen LogP contribution in [0.15, 0.2) is 41.5 Å². The Morgan fingerprint density at radius 1 is 1.38 bits per heavy atom. The molecule has 2 rings (SSSR count). The van der Waals surface area contributed by atoms with Crippen LogP contribution in [0.1, 0.15) is 22.5 Å². The summed E-state index contributed by atoms with van der Waals surface area (Å²) >= 11 is 0. The summed E-state index contributed by atoms with van der Waals surface area (Å²) in [6.45, 7) is 2.56. The number of aromatic nitrogens is 2. The van der Waals surface area contributed by atoms with Crippen molar-refractivity contribution in [1.82, 2.24) is 9.55 Å². The lowest BCUT2D eigenvalue weighted by Gasteiger charge is -2.09. The number of para-hydroxylation sites is 1. The zero-order chi connectivity index (χ0) is 15.2. The molecule has 0 aliphatic rings. The van der Waals surface area contributed by atoms with E-state index >= 15 is 0 Å². The van der Waals surface area contributed by atoms with Crippen LogP contribution >= 0.6 is 0 Å². The molecule has 6 nitrogen and oxygen atoms in total. The number of hydrogen-bond donors (Lipinski definition) is 1. The second-order valence-electron chi connectivity index (χ2n) is 4.57. The third-order valence-corrected chi connectivity index (χ3v) is 2.93. The molecule has 0 aliphatic carbocycles. The Bertz CT molecular complexity index is 694. The van der Waals surface area contributed by atoms with Crippen molar-refractivity contribution in [2.45, 2.75) is 19.9 Å². The van der Waals surface area contributed by atoms with Gasteiger partial charge in [0.05, 0.1) is 12.9 Å². The first-order chi connectivity index (χ1) is 10.1. The van der Waals surface area contributed by atoms with Gasteiger partial charge in [-0.15, -0.1) is 0 Å². The number of carboxylic acids is 1. The highest BCUT2D eigenvalue weighted by Crippen LogP contribution is 2.17. The molecule has 2 aromatic rings. The molecule has 0 saturated heterocycles. The van der Waals surface area contributed by atoms with E-state index in [0.717, 1.165) is 0 Å². The average molecular weight is 288 g/mol. The van der Waals surface area contributed by atoms with Crippen LogP contribution in [0.25, 0.3) is 0 Å². The molecule has 1 aromatic heterocycles. The first-order valence-electron chi connectivity index (χ1n) is 6.56. The third kappa shape index (κ3) is 3.92. The van der Waals surface area contributed by atoms with Gasteiger partial charge >= 0.3 is 5.97 Å². The van der Waals surface area contributed by atoms with Crippen LogP contribution in [-0.4, -0.2) is 27.2 Å². The highest BCUT2D eigenvalue weighted by Gasteiger charge is 2.09. The normalized spacial score (nSPS) is 10.3. The van der Waals surface area contributed by atoms with Crippen molar-refractivity contribution in [2.75, 3.05) is 6.61 Å².